The van der Waals surface area contributed by atoms with Gasteiger partial charge >= 0.3 is 0 Å². The predicted molar refractivity (Wildman–Crippen MR) is 121 cm³/mol. The Bertz CT molecular complexity index is 1180. The van der Waals surface area contributed by atoms with Crippen molar-refractivity contribution >= 4 is 39.0 Å². The summed E-state index contributed by atoms with van der Waals surface area (Å²) in [7, 11) is 1.60. The van der Waals surface area contributed by atoms with Crippen LogP contribution in [0.5, 0.6) is 5.75 Å². The summed E-state index contributed by atoms with van der Waals surface area (Å²) in [5, 5.41) is 2.88. The maximum Gasteiger partial charge on any atom is 0.244 e. The number of hydrogen-bond acceptors (Lipinski definition) is 4. The molecule has 5 nitrogen and oxygen atoms in total. The van der Waals surface area contributed by atoms with E-state index in [-0.39, 0.29) is 5.91 Å². The molecule has 0 aliphatic rings. The number of aromatic nitrogens is 1. The molecule has 0 spiro atoms. The van der Waals surface area contributed by atoms with E-state index in [1.54, 1.807) is 13.2 Å². The van der Waals surface area contributed by atoms with E-state index in [2.05, 4.69) is 26.2 Å². The number of benzene rings is 3. The summed E-state index contributed by atoms with van der Waals surface area (Å²) in [5.74, 6) is 1.11. The highest BCUT2D eigenvalue weighted by Gasteiger charge is 2.08. The number of oxazole rings is 1. The van der Waals surface area contributed by atoms with Crippen LogP contribution in [0.25, 0.3) is 28.6 Å². The second-order valence-corrected chi connectivity index (χ2v) is 7.54. The van der Waals surface area contributed by atoms with E-state index < -0.39 is 0 Å². The summed E-state index contributed by atoms with van der Waals surface area (Å²) in [4.78, 5) is 16.7. The first kappa shape index (κ1) is 19.9. The van der Waals surface area contributed by atoms with Gasteiger partial charge in [0.05, 0.1) is 7.11 Å². The largest absolute Gasteiger partial charge is 0.496 e. The quantitative estimate of drug-likeness (QED) is 0.379. The van der Waals surface area contributed by atoms with E-state index in [0.717, 1.165) is 32.3 Å². The molecular weight excluding hydrogens is 444 g/mol. The summed E-state index contributed by atoms with van der Waals surface area (Å²) >= 11 is 3.43. The van der Waals surface area contributed by atoms with Crippen LogP contribution in [0.2, 0.25) is 0 Å². The van der Waals surface area contributed by atoms with Crippen LogP contribution in [0.15, 0.2) is 81.7 Å². The van der Waals surface area contributed by atoms with E-state index >= 15 is 0 Å². The number of nitrogens with one attached hydrogen (secondary N) is 1. The van der Waals surface area contributed by atoms with Crippen molar-refractivity contribution in [2.45, 2.75) is 6.54 Å². The lowest BCUT2D eigenvalue weighted by atomic mass is 10.1. The predicted octanol–water partition coefficient (Wildman–Crippen LogP) is 5.60. The van der Waals surface area contributed by atoms with Gasteiger partial charge in [0.1, 0.15) is 11.3 Å². The number of ether oxygens (including phenoxy) is 1. The molecule has 0 saturated heterocycles. The molecule has 0 aliphatic carbocycles. The Morgan fingerprint density at radius 1 is 1.13 bits per heavy atom. The van der Waals surface area contributed by atoms with Crippen molar-refractivity contribution in [1.29, 1.82) is 0 Å². The highest BCUT2D eigenvalue weighted by atomic mass is 79.9. The van der Waals surface area contributed by atoms with Gasteiger partial charge in [-0.3, -0.25) is 4.79 Å². The van der Waals surface area contributed by atoms with Crippen molar-refractivity contribution < 1.29 is 13.9 Å². The number of carbonyl (C=O) groups is 1. The Labute approximate surface area is 182 Å². The van der Waals surface area contributed by atoms with Crippen LogP contribution >= 0.6 is 15.9 Å². The van der Waals surface area contributed by atoms with Crippen molar-refractivity contribution in [3.8, 4) is 17.2 Å². The highest BCUT2D eigenvalue weighted by Crippen LogP contribution is 2.25. The number of fused-ring (bicyclic) bond motifs is 1. The lowest BCUT2D eigenvalue weighted by Crippen LogP contribution is -2.20. The molecule has 0 fully saturated rings. The van der Waals surface area contributed by atoms with Gasteiger partial charge in [0.25, 0.3) is 0 Å². The first-order valence-corrected chi connectivity index (χ1v) is 10.2. The van der Waals surface area contributed by atoms with Crippen molar-refractivity contribution in [3.63, 3.8) is 0 Å². The molecule has 0 bridgehead atoms. The maximum atomic E-state index is 12.2. The molecule has 0 atom stereocenters. The first-order chi connectivity index (χ1) is 14.6. The van der Waals surface area contributed by atoms with Gasteiger partial charge < -0.3 is 14.5 Å². The molecule has 4 rings (SSSR count). The first-order valence-electron chi connectivity index (χ1n) is 9.37. The van der Waals surface area contributed by atoms with E-state index in [9.17, 15) is 4.79 Å². The van der Waals surface area contributed by atoms with Gasteiger partial charge in [0.2, 0.25) is 11.8 Å². The SMILES string of the molecule is COc1ccc(Br)cc1/C=C/C(=O)NCc1ccc(-c2nc3ccccc3o2)cc1. The maximum absolute atomic E-state index is 12.2. The third-order valence-corrected chi connectivity index (χ3v) is 5.06. The summed E-state index contributed by atoms with van der Waals surface area (Å²) in [6, 6.07) is 21.1. The van der Waals surface area contributed by atoms with Crippen molar-refractivity contribution in [2.24, 2.45) is 0 Å². The van der Waals surface area contributed by atoms with Crippen molar-refractivity contribution in [3.05, 3.63) is 88.4 Å². The minimum Gasteiger partial charge on any atom is -0.496 e. The molecule has 0 unspecified atom stereocenters. The Hall–Kier alpha value is -3.38. The zero-order valence-corrected chi connectivity index (χ0v) is 17.8. The molecule has 6 heteroatoms. The van der Waals surface area contributed by atoms with Crippen LogP contribution in [0.3, 0.4) is 0 Å². The number of para-hydroxylation sites is 2. The molecule has 3 aromatic carbocycles. The topological polar surface area (TPSA) is 64.4 Å². The molecule has 30 heavy (non-hydrogen) atoms. The fourth-order valence-corrected chi connectivity index (χ4v) is 3.39. The highest BCUT2D eigenvalue weighted by molar-refractivity contribution is 9.10. The molecule has 0 saturated carbocycles. The van der Waals surface area contributed by atoms with E-state index in [1.807, 2.05) is 66.7 Å². The summed E-state index contributed by atoms with van der Waals surface area (Å²) in [6.45, 7) is 0.423. The zero-order chi connectivity index (χ0) is 20.9. The summed E-state index contributed by atoms with van der Waals surface area (Å²) in [6.07, 6.45) is 3.23. The Morgan fingerprint density at radius 2 is 1.93 bits per heavy atom. The molecule has 150 valence electrons. The number of methoxy groups -OCH3 is 1. The van der Waals surface area contributed by atoms with Crippen LogP contribution in [0, 0.1) is 0 Å². The number of amides is 1. The van der Waals surface area contributed by atoms with Crippen molar-refractivity contribution in [1.82, 2.24) is 10.3 Å². The van der Waals surface area contributed by atoms with Crippen LogP contribution in [0.1, 0.15) is 11.1 Å². The Kier molecular flexibility index (Phi) is 5.95. The van der Waals surface area contributed by atoms with Gasteiger partial charge in [-0.1, -0.05) is 40.2 Å². The molecule has 4 aromatic rings. The number of hydrogen-bond donors (Lipinski definition) is 1. The van der Waals surface area contributed by atoms with Gasteiger partial charge in [0, 0.05) is 28.2 Å². The summed E-state index contributed by atoms with van der Waals surface area (Å²) in [5.41, 5.74) is 4.29. The number of nitrogens with zero attached hydrogens (tertiary/aromatic N) is 1. The normalized spacial score (nSPS) is 11.1. The monoisotopic (exact) mass is 462 g/mol. The third-order valence-electron chi connectivity index (χ3n) is 4.57. The minimum absolute atomic E-state index is 0.181. The van der Waals surface area contributed by atoms with Crippen molar-refractivity contribution in [2.75, 3.05) is 7.11 Å². The molecule has 1 heterocycles. The number of rotatable bonds is 6. The number of halogens is 1. The standard InChI is InChI=1S/C24H19BrN2O3/c1-29-21-12-11-19(25)14-18(21)10-13-23(28)26-15-16-6-8-17(9-7-16)24-27-20-4-2-3-5-22(20)30-24/h2-14H,15H2,1H3,(H,26,28)/b13-10+. The molecule has 0 aliphatic heterocycles. The zero-order valence-electron chi connectivity index (χ0n) is 16.3. The third kappa shape index (κ3) is 4.60. The van der Waals surface area contributed by atoms with Gasteiger partial charge in [-0.15, -0.1) is 0 Å². The van der Waals surface area contributed by atoms with E-state index in [0.29, 0.717) is 18.2 Å². The number of carbonyl (C=O) groups excluding carboxylic acids is 1. The van der Waals surface area contributed by atoms with Gasteiger partial charge in [0.15, 0.2) is 5.58 Å². The fraction of sp³-hybridized carbons (Fsp3) is 0.0833. The fourth-order valence-electron chi connectivity index (χ4n) is 3.01. The Morgan fingerprint density at radius 3 is 2.70 bits per heavy atom. The molecule has 1 N–H and O–H groups in total. The minimum atomic E-state index is -0.181. The average Bonchev–Trinajstić information content (AvgIpc) is 3.21. The lowest BCUT2D eigenvalue weighted by molar-refractivity contribution is -0.116. The second-order valence-electron chi connectivity index (χ2n) is 6.62. The summed E-state index contributed by atoms with van der Waals surface area (Å²) < 4.78 is 12.0. The molecule has 1 aromatic heterocycles. The lowest BCUT2D eigenvalue weighted by Gasteiger charge is -2.06. The van der Waals surface area contributed by atoms with Gasteiger partial charge in [-0.05, 0) is 54.1 Å². The van der Waals surface area contributed by atoms with E-state index in [1.165, 1.54) is 6.08 Å². The van der Waals surface area contributed by atoms with Gasteiger partial charge in [-0.2, -0.15) is 0 Å². The van der Waals surface area contributed by atoms with Crippen LogP contribution in [0.4, 0.5) is 0 Å². The molecule has 0 radical (unpaired) electrons. The molecular formula is C24H19BrN2O3. The average molecular weight is 463 g/mol. The van der Waals surface area contributed by atoms with Crippen LogP contribution in [-0.2, 0) is 11.3 Å². The second kappa shape index (κ2) is 8.97. The smallest absolute Gasteiger partial charge is 0.244 e. The van der Waals surface area contributed by atoms with E-state index in [4.69, 9.17) is 9.15 Å². The molecule has 1 amide bonds. The Balaban J connectivity index is 1.38. The van der Waals surface area contributed by atoms with Crippen LogP contribution in [-0.4, -0.2) is 18.0 Å². The van der Waals surface area contributed by atoms with Crippen LogP contribution < -0.4 is 10.1 Å². The van der Waals surface area contributed by atoms with Gasteiger partial charge in [-0.25, -0.2) is 4.98 Å².